The Kier molecular flexibility index (Phi) is 4.35. The van der Waals surface area contributed by atoms with E-state index >= 15 is 0 Å². The SMILES string of the molecule is Cc1ccc(NC(=O)Cn2cnc3c2c(=O)n(C)c(=O)n3C)c([N+](=O)[O-])c1. The van der Waals surface area contributed by atoms with E-state index in [0.717, 1.165) is 4.57 Å². The van der Waals surface area contributed by atoms with Crippen molar-refractivity contribution in [1.29, 1.82) is 0 Å². The molecule has 0 atom stereocenters. The highest BCUT2D eigenvalue weighted by molar-refractivity contribution is 5.93. The quantitative estimate of drug-likeness (QED) is 0.517. The Labute approximate surface area is 151 Å². The molecule has 1 aromatic carbocycles. The minimum atomic E-state index is -0.584. The van der Waals surface area contributed by atoms with Crippen molar-refractivity contribution in [2.75, 3.05) is 5.32 Å². The lowest BCUT2D eigenvalue weighted by molar-refractivity contribution is -0.384. The van der Waals surface area contributed by atoms with Crippen LogP contribution in [0.3, 0.4) is 0 Å². The lowest BCUT2D eigenvalue weighted by atomic mass is 10.2. The predicted octanol–water partition coefficient (Wildman–Crippen LogP) is 0.289. The van der Waals surface area contributed by atoms with Gasteiger partial charge in [0.15, 0.2) is 11.2 Å². The topological polar surface area (TPSA) is 134 Å². The molecule has 2 aromatic heterocycles. The smallest absolute Gasteiger partial charge is 0.319 e. The lowest BCUT2D eigenvalue weighted by Crippen LogP contribution is -2.37. The molecule has 0 fully saturated rings. The molecule has 0 radical (unpaired) electrons. The highest BCUT2D eigenvalue weighted by Crippen LogP contribution is 2.25. The third-order valence-electron chi connectivity index (χ3n) is 4.16. The van der Waals surface area contributed by atoms with Gasteiger partial charge in [0.05, 0.1) is 11.3 Å². The van der Waals surface area contributed by atoms with E-state index in [0.29, 0.717) is 5.56 Å². The largest absolute Gasteiger partial charge is 0.332 e. The Bertz CT molecular complexity index is 1200. The number of hydrogen-bond donors (Lipinski definition) is 1. The third-order valence-corrected chi connectivity index (χ3v) is 4.16. The summed E-state index contributed by atoms with van der Waals surface area (Å²) >= 11 is 0. The number of amides is 1. The molecule has 11 heteroatoms. The van der Waals surface area contributed by atoms with E-state index in [1.54, 1.807) is 13.0 Å². The lowest BCUT2D eigenvalue weighted by Gasteiger charge is -2.08. The van der Waals surface area contributed by atoms with Crippen LogP contribution in [0.5, 0.6) is 0 Å². The third kappa shape index (κ3) is 3.10. The van der Waals surface area contributed by atoms with Crippen molar-refractivity contribution in [3.8, 4) is 0 Å². The Hall–Kier alpha value is -3.76. The molecule has 2 heterocycles. The molecule has 1 amide bonds. The van der Waals surface area contributed by atoms with Crippen molar-refractivity contribution in [1.82, 2.24) is 18.7 Å². The molecule has 0 aliphatic rings. The maximum atomic E-state index is 12.4. The van der Waals surface area contributed by atoms with Gasteiger partial charge in [0.25, 0.3) is 11.2 Å². The zero-order valence-electron chi connectivity index (χ0n) is 14.8. The Morgan fingerprint density at radius 3 is 2.63 bits per heavy atom. The molecule has 0 aliphatic carbocycles. The average Bonchev–Trinajstić information content (AvgIpc) is 3.03. The number of carbonyl (C=O) groups is 1. The molecule has 0 bridgehead atoms. The summed E-state index contributed by atoms with van der Waals surface area (Å²) in [6, 6.07) is 4.44. The molecule has 27 heavy (non-hydrogen) atoms. The fourth-order valence-electron chi connectivity index (χ4n) is 2.76. The molecule has 0 saturated heterocycles. The molecule has 1 N–H and O–H groups in total. The van der Waals surface area contributed by atoms with Crippen LogP contribution in [0.15, 0.2) is 34.1 Å². The van der Waals surface area contributed by atoms with E-state index in [-0.39, 0.29) is 29.1 Å². The van der Waals surface area contributed by atoms with Crippen molar-refractivity contribution in [3.63, 3.8) is 0 Å². The first-order valence-corrected chi connectivity index (χ1v) is 7.86. The number of carbonyl (C=O) groups excluding carboxylic acids is 1. The maximum absolute atomic E-state index is 12.4. The fourth-order valence-corrected chi connectivity index (χ4v) is 2.76. The highest BCUT2D eigenvalue weighted by Gasteiger charge is 2.19. The Balaban J connectivity index is 1.96. The number of benzene rings is 1. The molecule has 140 valence electrons. The van der Waals surface area contributed by atoms with Gasteiger partial charge in [0.2, 0.25) is 5.91 Å². The molecular formula is C16H16N6O5. The number of aromatic nitrogens is 4. The van der Waals surface area contributed by atoms with Gasteiger partial charge in [0, 0.05) is 20.2 Å². The second kappa shape index (κ2) is 6.52. The van der Waals surface area contributed by atoms with Crippen molar-refractivity contribution in [3.05, 3.63) is 61.0 Å². The minimum Gasteiger partial charge on any atom is -0.319 e. The first-order chi connectivity index (χ1) is 12.7. The zero-order valence-corrected chi connectivity index (χ0v) is 14.8. The average molecular weight is 372 g/mol. The number of anilines is 1. The summed E-state index contributed by atoms with van der Waals surface area (Å²) in [4.78, 5) is 51.3. The number of nitrogens with zero attached hydrogens (tertiary/aromatic N) is 5. The van der Waals surface area contributed by atoms with Gasteiger partial charge in [0.1, 0.15) is 12.2 Å². The van der Waals surface area contributed by atoms with Crippen molar-refractivity contribution in [2.45, 2.75) is 13.5 Å². The van der Waals surface area contributed by atoms with E-state index in [1.807, 2.05) is 0 Å². The second-order valence-electron chi connectivity index (χ2n) is 6.08. The van der Waals surface area contributed by atoms with E-state index in [9.17, 15) is 24.5 Å². The zero-order chi connectivity index (χ0) is 19.9. The van der Waals surface area contributed by atoms with Gasteiger partial charge in [-0.1, -0.05) is 6.07 Å². The monoisotopic (exact) mass is 372 g/mol. The van der Waals surface area contributed by atoms with Crippen LogP contribution >= 0.6 is 0 Å². The molecule has 11 nitrogen and oxygen atoms in total. The van der Waals surface area contributed by atoms with Crippen molar-refractivity contribution < 1.29 is 9.72 Å². The number of aryl methyl sites for hydroxylation is 2. The van der Waals surface area contributed by atoms with Gasteiger partial charge < -0.3 is 9.88 Å². The second-order valence-corrected chi connectivity index (χ2v) is 6.08. The summed E-state index contributed by atoms with van der Waals surface area (Å²) in [5, 5.41) is 13.6. The molecule has 0 aliphatic heterocycles. The van der Waals surface area contributed by atoms with Gasteiger partial charge in [-0.2, -0.15) is 0 Å². The first-order valence-electron chi connectivity index (χ1n) is 7.86. The van der Waals surface area contributed by atoms with Crippen LogP contribution in [-0.2, 0) is 25.4 Å². The molecular weight excluding hydrogens is 356 g/mol. The summed E-state index contributed by atoms with van der Waals surface area (Å²) in [5.74, 6) is -0.572. The predicted molar refractivity (Wildman–Crippen MR) is 96.7 cm³/mol. The normalized spacial score (nSPS) is 10.9. The Morgan fingerprint density at radius 1 is 1.26 bits per heavy atom. The summed E-state index contributed by atoms with van der Waals surface area (Å²) < 4.78 is 3.42. The standard InChI is InChI=1S/C16H16N6O5/c1-9-4-5-10(11(6-9)22(26)27)18-12(23)7-21-8-17-14-13(21)15(24)20(3)16(25)19(14)2/h4-6,8H,7H2,1-3H3,(H,18,23). The van der Waals surface area contributed by atoms with E-state index in [1.165, 1.54) is 41.7 Å². The van der Waals surface area contributed by atoms with Gasteiger partial charge in [-0.3, -0.25) is 28.8 Å². The minimum absolute atomic E-state index is 0.0559. The number of nitrogens with one attached hydrogen (secondary N) is 1. The molecule has 0 spiro atoms. The summed E-state index contributed by atoms with van der Waals surface area (Å²) in [7, 11) is 2.80. The summed E-state index contributed by atoms with van der Waals surface area (Å²) in [6.07, 6.45) is 1.27. The van der Waals surface area contributed by atoms with E-state index < -0.39 is 22.1 Å². The van der Waals surface area contributed by atoms with Crippen LogP contribution in [0, 0.1) is 17.0 Å². The van der Waals surface area contributed by atoms with Crippen molar-refractivity contribution in [2.24, 2.45) is 14.1 Å². The van der Waals surface area contributed by atoms with E-state index in [2.05, 4.69) is 10.3 Å². The number of nitro groups is 1. The van der Waals surface area contributed by atoms with Gasteiger partial charge in [-0.05, 0) is 18.6 Å². The summed E-state index contributed by atoms with van der Waals surface area (Å²) in [5.41, 5.74) is -0.357. The van der Waals surface area contributed by atoms with E-state index in [4.69, 9.17) is 0 Å². The van der Waals surface area contributed by atoms with Crippen molar-refractivity contribution >= 4 is 28.4 Å². The number of hydrogen-bond acceptors (Lipinski definition) is 6. The van der Waals surface area contributed by atoms with Crippen LogP contribution in [0.2, 0.25) is 0 Å². The van der Waals surface area contributed by atoms with Crippen LogP contribution in [0.4, 0.5) is 11.4 Å². The van der Waals surface area contributed by atoms with Crippen LogP contribution in [0.1, 0.15) is 5.56 Å². The number of imidazole rings is 1. The number of fused-ring (bicyclic) bond motifs is 1. The summed E-state index contributed by atoms with van der Waals surface area (Å²) in [6.45, 7) is 1.41. The van der Waals surface area contributed by atoms with Crippen LogP contribution in [0.25, 0.3) is 11.2 Å². The maximum Gasteiger partial charge on any atom is 0.332 e. The number of nitro benzene ring substituents is 1. The van der Waals surface area contributed by atoms with Crippen LogP contribution in [-0.4, -0.2) is 29.5 Å². The first kappa shape index (κ1) is 18.0. The molecule has 3 aromatic rings. The molecule has 3 rings (SSSR count). The number of rotatable bonds is 4. The molecule has 0 unspecified atom stereocenters. The van der Waals surface area contributed by atoms with Gasteiger partial charge >= 0.3 is 5.69 Å². The fraction of sp³-hybridized carbons (Fsp3) is 0.250. The molecule has 0 saturated carbocycles. The van der Waals surface area contributed by atoms with Gasteiger partial charge in [-0.15, -0.1) is 0 Å². The highest BCUT2D eigenvalue weighted by atomic mass is 16.6. The van der Waals surface area contributed by atoms with Gasteiger partial charge in [-0.25, -0.2) is 9.78 Å². The Morgan fingerprint density at radius 2 is 1.96 bits per heavy atom. The van der Waals surface area contributed by atoms with Crippen LogP contribution < -0.4 is 16.6 Å².